The molecule has 2 unspecified atom stereocenters. The number of carboxylic acids is 1. The molecule has 2 fully saturated rings. The Hall–Kier alpha value is -1.10. The molecule has 0 aromatic heterocycles. The minimum Gasteiger partial charge on any atom is -0.481 e. The van der Waals surface area contributed by atoms with E-state index in [-0.39, 0.29) is 17.7 Å². The van der Waals surface area contributed by atoms with E-state index in [4.69, 9.17) is 5.11 Å². The third-order valence-electron chi connectivity index (χ3n) is 5.43. The second kappa shape index (κ2) is 6.34. The molecule has 21 heavy (non-hydrogen) atoms. The maximum absolute atomic E-state index is 12.7. The van der Waals surface area contributed by atoms with E-state index >= 15 is 0 Å². The zero-order valence-corrected chi connectivity index (χ0v) is 13.5. The Morgan fingerprint density at radius 2 is 1.62 bits per heavy atom. The molecule has 0 radical (unpaired) electrons. The lowest BCUT2D eigenvalue weighted by atomic mass is 9.79. The number of piperazine rings is 1. The Morgan fingerprint density at radius 1 is 1.10 bits per heavy atom. The highest BCUT2D eigenvalue weighted by atomic mass is 16.4. The molecule has 0 spiro atoms. The highest BCUT2D eigenvalue weighted by Crippen LogP contribution is 2.44. The van der Waals surface area contributed by atoms with E-state index in [0.29, 0.717) is 18.5 Å². The fourth-order valence-electron chi connectivity index (χ4n) is 3.90. The number of aliphatic carboxylic acids is 1. The number of carbonyl (C=O) groups excluding carboxylic acids is 1. The van der Waals surface area contributed by atoms with Gasteiger partial charge in [0.05, 0.1) is 6.42 Å². The second-order valence-corrected chi connectivity index (χ2v) is 7.12. The topological polar surface area (TPSA) is 60.9 Å². The predicted molar refractivity (Wildman–Crippen MR) is 81.0 cm³/mol. The number of amides is 1. The molecule has 2 aliphatic rings. The van der Waals surface area contributed by atoms with Crippen molar-refractivity contribution in [3.8, 4) is 0 Å². The van der Waals surface area contributed by atoms with Crippen LogP contribution in [0.25, 0.3) is 0 Å². The van der Waals surface area contributed by atoms with Gasteiger partial charge in [-0.3, -0.25) is 14.5 Å². The van der Waals surface area contributed by atoms with E-state index in [1.807, 2.05) is 4.90 Å². The van der Waals surface area contributed by atoms with Crippen LogP contribution in [-0.4, -0.2) is 59.0 Å². The molecule has 1 heterocycles. The van der Waals surface area contributed by atoms with Crippen molar-refractivity contribution in [2.75, 3.05) is 20.1 Å². The monoisotopic (exact) mass is 296 g/mol. The molecule has 1 saturated carbocycles. The summed E-state index contributed by atoms with van der Waals surface area (Å²) in [5.41, 5.74) is -0.293. The van der Waals surface area contributed by atoms with Gasteiger partial charge in [-0.25, -0.2) is 0 Å². The molecule has 0 bridgehead atoms. The minimum atomic E-state index is -0.773. The minimum absolute atomic E-state index is 0.136. The number of nitrogens with zero attached hydrogens (tertiary/aromatic N) is 2. The summed E-state index contributed by atoms with van der Waals surface area (Å²) < 4.78 is 0. The van der Waals surface area contributed by atoms with Gasteiger partial charge in [0, 0.05) is 31.6 Å². The second-order valence-electron chi connectivity index (χ2n) is 7.12. The average Bonchev–Trinajstić information content (AvgIpc) is 2.82. The summed E-state index contributed by atoms with van der Waals surface area (Å²) in [5, 5.41) is 9.15. The van der Waals surface area contributed by atoms with Crippen molar-refractivity contribution in [3.63, 3.8) is 0 Å². The summed E-state index contributed by atoms with van der Waals surface area (Å²) in [6.07, 6.45) is 4.40. The van der Waals surface area contributed by atoms with Crippen LogP contribution in [-0.2, 0) is 9.59 Å². The van der Waals surface area contributed by atoms with Gasteiger partial charge in [-0.2, -0.15) is 0 Å². The van der Waals surface area contributed by atoms with Gasteiger partial charge in [0.1, 0.15) is 0 Å². The molecule has 1 saturated heterocycles. The van der Waals surface area contributed by atoms with Crippen LogP contribution in [0, 0.1) is 5.41 Å². The van der Waals surface area contributed by atoms with Crippen LogP contribution in [0.2, 0.25) is 0 Å². The summed E-state index contributed by atoms with van der Waals surface area (Å²) in [7, 11) is 2.10. The maximum atomic E-state index is 12.7. The first-order chi connectivity index (χ1) is 9.83. The molecular formula is C16H28N2O3. The smallest absolute Gasteiger partial charge is 0.303 e. The van der Waals surface area contributed by atoms with Gasteiger partial charge in [0.25, 0.3) is 0 Å². The van der Waals surface area contributed by atoms with Crippen LogP contribution in [0.15, 0.2) is 0 Å². The first-order valence-electron chi connectivity index (χ1n) is 8.04. The largest absolute Gasteiger partial charge is 0.481 e. The van der Waals surface area contributed by atoms with Crippen LogP contribution in [0.3, 0.4) is 0 Å². The summed E-state index contributed by atoms with van der Waals surface area (Å²) in [6, 6.07) is 0.716. The first kappa shape index (κ1) is 16.3. The quantitative estimate of drug-likeness (QED) is 0.861. The van der Waals surface area contributed by atoms with Gasteiger partial charge < -0.3 is 10.0 Å². The molecule has 0 aromatic rings. The van der Waals surface area contributed by atoms with Crippen LogP contribution in [0.5, 0.6) is 0 Å². The summed E-state index contributed by atoms with van der Waals surface area (Å²) in [4.78, 5) is 28.0. The number of hydrogen-bond donors (Lipinski definition) is 1. The van der Waals surface area contributed by atoms with Crippen LogP contribution in [0.4, 0.5) is 0 Å². The van der Waals surface area contributed by atoms with Crippen molar-refractivity contribution in [1.29, 1.82) is 0 Å². The number of carboxylic acid groups (broad SMARTS) is 1. The van der Waals surface area contributed by atoms with Gasteiger partial charge in [-0.15, -0.1) is 0 Å². The van der Waals surface area contributed by atoms with E-state index in [1.54, 1.807) is 0 Å². The van der Waals surface area contributed by atoms with Crippen molar-refractivity contribution >= 4 is 11.9 Å². The fourth-order valence-corrected chi connectivity index (χ4v) is 3.90. The molecule has 1 amide bonds. The van der Waals surface area contributed by atoms with Gasteiger partial charge in [-0.1, -0.05) is 12.8 Å². The van der Waals surface area contributed by atoms with E-state index in [1.165, 1.54) is 0 Å². The zero-order chi connectivity index (χ0) is 15.6. The number of likely N-dealkylation sites (N-methyl/N-ethyl adjacent to an activating group) is 1. The molecule has 1 N–H and O–H groups in total. The highest BCUT2D eigenvalue weighted by molar-refractivity contribution is 5.78. The molecule has 5 nitrogen and oxygen atoms in total. The van der Waals surface area contributed by atoms with E-state index in [2.05, 4.69) is 25.8 Å². The lowest BCUT2D eigenvalue weighted by Gasteiger charge is -2.43. The Bertz CT molecular complexity index is 392. The first-order valence-corrected chi connectivity index (χ1v) is 8.04. The maximum Gasteiger partial charge on any atom is 0.303 e. The molecule has 120 valence electrons. The van der Waals surface area contributed by atoms with Crippen molar-refractivity contribution in [2.24, 2.45) is 5.41 Å². The van der Waals surface area contributed by atoms with Crippen molar-refractivity contribution in [1.82, 2.24) is 9.80 Å². The van der Waals surface area contributed by atoms with Crippen molar-refractivity contribution < 1.29 is 14.7 Å². The molecule has 1 aliphatic heterocycles. The molecule has 5 heteroatoms. The highest BCUT2D eigenvalue weighted by Gasteiger charge is 2.40. The number of rotatable bonds is 4. The summed E-state index contributed by atoms with van der Waals surface area (Å²) >= 11 is 0. The third kappa shape index (κ3) is 3.76. The molecular weight excluding hydrogens is 268 g/mol. The van der Waals surface area contributed by atoms with Gasteiger partial charge in [0.15, 0.2) is 0 Å². The number of hydrogen-bond acceptors (Lipinski definition) is 3. The van der Waals surface area contributed by atoms with E-state index in [9.17, 15) is 9.59 Å². The Labute approximate surface area is 127 Å². The normalized spacial score (nSPS) is 29.6. The average molecular weight is 296 g/mol. The van der Waals surface area contributed by atoms with Gasteiger partial charge in [0.2, 0.25) is 5.91 Å². The van der Waals surface area contributed by atoms with Crippen LogP contribution >= 0.6 is 0 Å². The standard InChI is InChI=1S/C16H28N2O3/c1-12-10-18(11-13(2)17(12)3)14(19)8-16(9-15(20)21)6-4-5-7-16/h12-13H,4-11H2,1-3H3,(H,20,21). The van der Waals surface area contributed by atoms with Crippen LogP contribution < -0.4 is 0 Å². The summed E-state index contributed by atoms with van der Waals surface area (Å²) in [6.45, 7) is 5.78. The Morgan fingerprint density at radius 3 is 2.10 bits per heavy atom. The Kier molecular flexibility index (Phi) is 4.91. The van der Waals surface area contributed by atoms with Crippen molar-refractivity contribution in [2.45, 2.75) is 64.5 Å². The molecule has 1 aliphatic carbocycles. The molecule has 2 rings (SSSR count). The number of carbonyl (C=O) groups is 2. The van der Waals surface area contributed by atoms with Gasteiger partial charge in [-0.05, 0) is 39.2 Å². The molecule has 2 atom stereocenters. The third-order valence-corrected chi connectivity index (χ3v) is 5.43. The van der Waals surface area contributed by atoms with E-state index in [0.717, 1.165) is 38.8 Å². The van der Waals surface area contributed by atoms with Gasteiger partial charge >= 0.3 is 5.97 Å². The lowest BCUT2D eigenvalue weighted by Crippen LogP contribution is -2.56. The fraction of sp³-hybridized carbons (Fsp3) is 0.875. The molecule has 0 aromatic carbocycles. The Balaban J connectivity index is 2.01. The zero-order valence-electron chi connectivity index (χ0n) is 13.5. The SMILES string of the molecule is CC1CN(C(=O)CC2(CC(=O)O)CCCC2)CC(C)N1C. The lowest BCUT2D eigenvalue weighted by molar-refractivity contribution is -0.142. The predicted octanol–water partition coefficient (Wildman–Crippen LogP) is 1.96. The van der Waals surface area contributed by atoms with Crippen LogP contribution in [0.1, 0.15) is 52.4 Å². The van der Waals surface area contributed by atoms with Crippen molar-refractivity contribution in [3.05, 3.63) is 0 Å². The summed E-state index contributed by atoms with van der Waals surface area (Å²) in [5.74, 6) is -0.630. The van der Waals surface area contributed by atoms with E-state index < -0.39 is 5.97 Å².